The van der Waals surface area contributed by atoms with Gasteiger partial charge in [0.15, 0.2) is 0 Å². The lowest BCUT2D eigenvalue weighted by molar-refractivity contribution is -0.147. The van der Waals surface area contributed by atoms with Crippen LogP contribution in [-0.2, 0) is 4.79 Å². The number of ether oxygens (including phenoxy) is 1. The van der Waals surface area contributed by atoms with E-state index in [0.717, 1.165) is 5.56 Å². The molecule has 1 N–H and O–H groups in total. The summed E-state index contributed by atoms with van der Waals surface area (Å²) in [5, 5.41) is 9.20. The Labute approximate surface area is 118 Å². The van der Waals surface area contributed by atoms with Crippen LogP contribution in [0.2, 0.25) is 0 Å². The normalized spacial score (nSPS) is 21.9. The second kappa shape index (κ2) is 5.15. The Morgan fingerprint density at radius 1 is 1.40 bits per heavy atom. The molecule has 1 aliphatic heterocycles. The van der Waals surface area contributed by atoms with Gasteiger partial charge in [0.05, 0.1) is 12.5 Å². The van der Waals surface area contributed by atoms with Crippen LogP contribution in [0.5, 0.6) is 5.75 Å². The van der Waals surface area contributed by atoms with Crippen LogP contribution in [0.15, 0.2) is 18.2 Å². The summed E-state index contributed by atoms with van der Waals surface area (Å²) < 4.78 is 5.21. The number of carboxylic acid groups (broad SMARTS) is 1. The molecule has 5 heteroatoms. The highest BCUT2D eigenvalue weighted by molar-refractivity contribution is 5.95. The predicted octanol–water partition coefficient (Wildman–Crippen LogP) is 1.94. The Bertz CT molecular complexity index is 555. The first-order chi connectivity index (χ1) is 9.37. The Hall–Kier alpha value is -2.04. The molecule has 5 nitrogen and oxygen atoms in total. The summed E-state index contributed by atoms with van der Waals surface area (Å²) in [6, 6.07) is 5.28. The zero-order valence-electron chi connectivity index (χ0n) is 12.0. The van der Waals surface area contributed by atoms with Gasteiger partial charge in [-0.05, 0) is 38.0 Å². The topological polar surface area (TPSA) is 66.8 Å². The molecule has 0 spiro atoms. The van der Waals surface area contributed by atoms with Crippen LogP contribution in [-0.4, -0.2) is 42.1 Å². The molecule has 20 heavy (non-hydrogen) atoms. The molecule has 1 heterocycles. The third-order valence-electron chi connectivity index (χ3n) is 3.93. The van der Waals surface area contributed by atoms with E-state index < -0.39 is 11.4 Å². The Morgan fingerprint density at radius 2 is 2.10 bits per heavy atom. The zero-order chi connectivity index (χ0) is 14.9. The smallest absolute Gasteiger partial charge is 0.311 e. The third kappa shape index (κ3) is 2.48. The maximum atomic E-state index is 12.4. The fraction of sp³-hybridized carbons (Fsp3) is 0.467. The van der Waals surface area contributed by atoms with Crippen LogP contribution >= 0.6 is 0 Å². The van der Waals surface area contributed by atoms with Crippen LogP contribution < -0.4 is 4.74 Å². The largest absolute Gasteiger partial charge is 0.496 e. The Balaban J connectivity index is 2.19. The van der Waals surface area contributed by atoms with Crippen molar-refractivity contribution in [3.63, 3.8) is 0 Å². The van der Waals surface area contributed by atoms with E-state index in [2.05, 4.69) is 0 Å². The number of carbonyl (C=O) groups is 2. The lowest BCUT2D eigenvalue weighted by Gasteiger charge is -2.20. The van der Waals surface area contributed by atoms with Gasteiger partial charge in [0.1, 0.15) is 5.75 Å². The molecule has 108 valence electrons. The van der Waals surface area contributed by atoms with Crippen LogP contribution in [0, 0.1) is 12.3 Å². The van der Waals surface area contributed by atoms with Gasteiger partial charge in [0, 0.05) is 18.7 Å². The van der Waals surface area contributed by atoms with Crippen LogP contribution in [0.4, 0.5) is 0 Å². The van der Waals surface area contributed by atoms with Crippen LogP contribution in [0.3, 0.4) is 0 Å². The van der Waals surface area contributed by atoms with Gasteiger partial charge < -0.3 is 14.7 Å². The van der Waals surface area contributed by atoms with Crippen LogP contribution in [0.1, 0.15) is 29.3 Å². The van der Waals surface area contributed by atoms with E-state index in [1.54, 1.807) is 31.1 Å². The summed E-state index contributed by atoms with van der Waals surface area (Å²) in [6.07, 6.45) is 0.483. The molecule has 0 saturated carbocycles. The zero-order valence-corrected chi connectivity index (χ0v) is 12.0. The maximum absolute atomic E-state index is 12.4. The van der Waals surface area contributed by atoms with Crippen molar-refractivity contribution in [3.8, 4) is 5.75 Å². The van der Waals surface area contributed by atoms with E-state index in [1.807, 2.05) is 13.0 Å². The number of aliphatic carboxylic acids is 1. The molecule has 2 rings (SSSR count). The van der Waals surface area contributed by atoms with E-state index >= 15 is 0 Å². The van der Waals surface area contributed by atoms with Crippen molar-refractivity contribution in [3.05, 3.63) is 29.3 Å². The first-order valence-electron chi connectivity index (χ1n) is 6.55. The minimum absolute atomic E-state index is 0.145. The monoisotopic (exact) mass is 277 g/mol. The number of nitrogens with zero attached hydrogens (tertiary/aromatic N) is 1. The number of hydrogen-bond acceptors (Lipinski definition) is 3. The predicted molar refractivity (Wildman–Crippen MR) is 74.0 cm³/mol. The quantitative estimate of drug-likeness (QED) is 0.917. The van der Waals surface area contributed by atoms with E-state index in [4.69, 9.17) is 4.74 Å². The average molecular weight is 277 g/mol. The molecule has 1 fully saturated rings. The molecular formula is C15H19NO4. The summed E-state index contributed by atoms with van der Waals surface area (Å²) in [7, 11) is 1.56. The first kappa shape index (κ1) is 14.4. The first-order valence-corrected chi connectivity index (χ1v) is 6.55. The Kier molecular flexibility index (Phi) is 3.70. The number of carbonyl (C=O) groups excluding carboxylic acids is 1. The van der Waals surface area contributed by atoms with E-state index in [1.165, 1.54) is 0 Å². The van der Waals surface area contributed by atoms with Crippen molar-refractivity contribution in [2.24, 2.45) is 5.41 Å². The number of likely N-dealkylation sites (tertiary alicyclic amines) is 1. The number of amides is 1. The summed E-state index contributed by atoms with van der Waals surface area (Å²) in [4.78, 5) is 25.2. The van der Waals surface area contributed by atoms with Gasteiger partial charge in [0.2, 0.25) is 0 Å². The molecule has 0 unspecified atom stereocenters. The number of carboxylic acids is 1. The molecule has 1 saturated heterocycles. The lowest BCUT2D eigenvalue weighted by Crippen LogP contribution is -2.34. The minimum atomic E-state index is -0.853. The SMILES string of the molecule is COc1cc(C(=O)N2CC[C@@](C)(C(=O)O)C2)ccc1C. The van der Waals surface area contributed by atoms with Crippen molar-refractivity contribution in [1.82, 2.24) is 4.90 Å². The van der Waals surface area contributed by atoms with Crippen molar-refractivity contribution >= 4 is 11.9 Å². The van der Waals surface area contributed by atoms with Gasteiger partial charge >= 0.3 is 5.97 Å². The van der Waals surface area contributed by atoms with Crippen molar-refractivity contribution in [2.75, 3.05) is 20.2 Å². The summed E-state index contributed by atoms with van der Waals surface area (Å²) >= 11 is 0. The van der Waals surface area contributed by atoms with Gasteiger partial charge in [-0.15, -0.1) is 0 Å². The maximum Gasteiger partial charge on any atom is 0.311 e. The number of methoxy groups -OCH3 is 1. The molecule has 1 amide bonds. The number of benzene rings is 1. The van der Waals surface area contributed by atoms with Gasteiger partial charge in [-0.2, -0.15) is 0 Å². The van der Waals surface area contributed by atoms with Crippen LogP contribution in [0.25, 0.3) is 0 Å². The fourth-order valence-electron chi connectivity index (χ4n) is 2.44. The highest BCUT2D eigenvalue weighted by atomic mass is 16.5. The minimum Gasteiger partial charge on any atom is -0.496 e. The van der Waals surface area contributed by atoms with Crippen molar-refractivity contribution < 1.29 is 19.4 Å². The second-order valence-electron chi connectivity index (χ2n) is 5.53. The lowest BCUT2D eigenvalue weighted by atomic mass is 9.90. The van der Waals surface area contributed by atoms with Gasteiger partial charge in [-0.25, -0.2) is 0 Å². The second-order valence-corrected chi connectivity index (χ2v) is 5.53. The van der Waals surface area contributed by atoms with Crippen molar-refractivity contribution in [1.29, 1.82) is 0 Å². The van der Waals surface area contributed by atoms with Gasteiger partial charge in [-0.3, -0.25) is 9.59 Å². The average Bonchev–Trinajstić information content (AvgIpc) is 2.82. The fourth-order valence-corrected chi connectivity index (χ4v) is 2.44. The standard InChI is InChI=1S/C15H19NO4/c1-10-4-5-11(8-12(10)20-3)13(17)16-7-6-15(2,9-16)14(18)19/h4-5,8H,6-7,9H2,1-3H3,(H,18,19)/t15-/m1/s1. The number of aryl methyl sites for hydroxylation is 1. The van der Waals surface area contributed by atoms with E-state index in [0.29, 0.717) is 24.3 Å². The number of rotatable bonds is 3. The molecule has 0 bridgehead atoms. The van der Waals surface area contributed by atoms with Gasteiger partial charge in [-0.1, -0.05) is 6.07 Å². The molecular weight excluding hydrogens is 258 g/mol. The molecule has 0 aliphatic carbocycles. The molecule has 1 aromatic rings. The highest BCUT2D eigenvalue weighted by Gasteiger charge is 2.42. The third-order valence-corrected chi connectivity index (χ3v) is 3.93. The molecule has 1 aromatic carbocycles. The molecule has 1 aliphatic rings. The number of hydrogen-bond donors (Lipinski definition) is 1. The Morgan fingerprint density at radius 3 is 2.65 bits per heavy atom. The van der Waals surface area contributed by atoms with Gasteiger partial charge in [0.25, 0.3) is 5.91 Å². The van der Waals surface area contributed by atoms with E-state index in [9.17, 15) is 14.7 Å². The summed E-state index contributed by atoms with van der Waals surface area (Å²) in [5.74, 6) is -0.335. The van der Waals surface area contributed by atoms with E-state index in [-0.39, 0.29) is 12.5 Å². The molecule has 0 aromatic heterocycles. The summed E-state index contributed by atoms with van der Waals surface area (Å²) in [5.41, 5.74) is 0.646. The molecule has 0 radical (unpaired) electrons. The highest BCUT2D eigenvalue weighted by Crippen LogP contribution is 2.31. The van der Waals surface area contributed by atoms with Crippen molar-refractivity contribution in [2.45, 2.75) is 20.3 Å². The summed E-state index contributed by atoms with van der Waals surface area (Å²) in [6.45, 7) is 4.30. The molecule has 1 atom stereocenters.